The van der Waals surface area contributed by atoms with E-state index in [0.29, 0.717) is 5.41 Å². The van der Waals surface area contributed by atoms with Gasteiger partial charge < -0.3 is 0 Å². The van der Waals surface area contributed by atoms with Crippen LogP contribution in [-0.4, -0.2) is 0 Å². The van der Waals surface area contributed by atoms with Crippen molar-refractivity contribution in [3.8, 4) is 0 Å². The van der Waals surface area contributed by atoms with Gasteiger partial charge in [0.1, 0.15) is 0 Å². The van der Waals surface area contributed by atoms with Crippen molar-refractivity contribution in [3.63, 3.8) is 0 Å². The van der Waals surface area contributed by atoms with Gasteiger partial charge in [0, 0.05) is 0 Å². The molecule has 0 unspecified atom stereocenters. The second-order valence-corrected chi connectivity index (χ2v) is 5.41. The average molecular weight is 200 g/mol. The minimum absolute atomic E-state index is 0. The molecule has 88 valence electrons. The van der Waals surface area contributed by atoms with Gasteiger partial charge in [-0.25, -0.2) is 0 Å². The summed E-state index contributed by atoms with van der Waals surface area (Å²) in [5, 5.41) is 0. The van der Waals surface area contributed by atoms with E-state index in [1.165, 1.54) is 38.5 Å². The maximum Gasteiger partial charge on any atom is -0.0354 e. The Morgan fingerprint density at radius 3 is 1.50 bits per heavy atom. The minimum Gasteiger partial charge on any atom is -0.0776 e. The zero-order valence-corrected chi connectivity index (χ0v) is 10.3. The van der Waals surface area contributed by atoms with E-state index in [0.717, 1.165) is 5.92 Å². The Kier molecular flexibility index (Phi) is 9.76. The van der Waals surface area contributed by atoms with Gasteiger partial charge in [-0.05, 0) is 24.2 Å². The molecule has 0 heteroatoms. The zero-order valence-electron chi connectivity index (χ0n) is 10.3. The van der Waals surface area contributed by atoms with Crippen molar-refractivity contribution in [2.24, 2.45) is 11.3 Å². The predicted molar refractivity (Wildman–Crippen MR) is 68.7 cm³/mol. The lowest BCUT2D eigenvalue weighted by atomic mass is 9.72. The number of hydrogen-bond donors (Lipinski definition) is 0. The molecule has 1 saturated carbocycles. The molecule has 0 spiro atoms. The van der Waals surface area contributed by atoms with Gasteiger partial charge in [-0.1, -0.05) is 67.7 Å². The van der Waals surface area contributed by atoms with Crippen LogP contribution in [0.25, 0.3) is 0 Å². The van der Waals surface area contributed by atoms with Crippen LogP contribution in [0.2, 0.25) is 0 Å². The smallest absolute Gasteiger partial charge is 0.0354 e. The molecular weight excluding hydrogens is 168 g/mol. The van der Waals surface area contributed by atoms with Gasteiger partial charge >= 0.3 is 0 Å². The molecular formula is C14H32. The highest BCUT2D eigenvalue weighted by Crippen LogP contribution is 2.37. The first-order valence-corrected chi connectivity index (χ1v) is 6.02. The van der Waals surface area contributed by atoms with E-state index in [1.807, 2.05) is 0 Å². The summed E-state index contributed by atoms with van der Waals surface area (Å²) in [4.78, 5) is 0. The summed E-state index contributed by atoms with van der Waals surface area (Å²) in [6.45, 7) is 11.4. The van der Waals surface area contributed by atoms with Gasteiger partial charge in [-0.2, -0.15) is 0 Å². The van der Waals surface area contributed by atoms with Crippen LogP contribution in [-0.2, 0) is 0 Å². The molecule has 0 saturated heterocycles. The Bertz CT molecular complexity index is 102. The van der Waals surface area contributed by atoms with E-state index >= 15 is 0 Å². The first-order valence-electron chi connectivity index (χ1n) is 6.02. The minimum atomic E-state index is 0. The van der Waals surface area contributed by atoms with E-state index in [9.17, 15) is 0 Å². The van der Waals surface area contributed by atoms with Gasteiger partial charge in [0.2, 0.25) is 0 Å². The second kappa shape index (κ2) is 8.32. The molecule has 1 aliphatic rings. The molecule has 0 aliphatic heterocycles. The van der Waals surface area contributed by atoms with Crippen molar-refractivity contribution in [1.29, 1.82) is 0 Å². The molecule has 0 amide bonds. The predicted octanol–water partition coefficient (Wildman–Crippen LogP) is 5.67. The zero-order chi connectivity index (χ0) is 10.3. The Hall–Kier alpha value is 0. The maximum absolute atomic E-state index is 2.38. The lowest BCUT2D eigenvalue weighted by Gasteiger charge is -2.33. The molecule has 1 rings (SSSR count). The monoisotopic (exact) mass is 200 g/mol. The highest BCUT2D eigenvalue weighted by atomic mass is 14.3. The fourth-order valence-corrected chi connectivity index (χ4v) is 1.97. The highest BCUT2D eigenvalue weighted by Gasteiger charge is 2.25. The van der Waals surface area contributed by atoms with Crippen LogP contribution < -0.4 is 0 Å². The van der Waals surface area contributed by atoms with Crippen molar-refractivity contribution in [3.05, 3.63) is 0 Å². The fraction of sp³-hybridized carbons (Fsp3) is 1.00. The number of rotatable bonds is 0. The van der Waals surface area contributed by atoms with Crippen molar-refractivity contribution >= 4 is 0 Å². The molecule has 1 aliphatic carbocycles. The topological polar surface area (TPSA) is 0 Å². The summed E-state index contributed by atoms with van der Waals surface area (Å²) < 4.78 is 0. The SMILES string of the molecule is C.CC(C)(C)C1CCCCC1.CCC. The average Bonchev–Trinajstić information content (AvgIpc) is 2.06. The summed E-state index contributed by atoms with van der Waals surface area (Å²) in [7, 11) is 0. The Labute approximate surface area is 92.5 Å². The lowest BCUT2D eigenvalue weighted by Crippen LogP contribution is -2.22. The summed E-state index contributed by atoms with van der Waals surface area (Å²) >= 11 is 0. The quantitative estimate of drug-likeness (QED) is 0.473. The van der Waals surface area contributed by atoms with Crippen LogP contribution in [0.4, 0.5) is 0 Å². The first kappa shape index (κ1) is 16.4. The van der Waals surface area contributed by atoms with Gasteiger partial charge in [-0.3, -0.25) is 0 Å². The molecule has 0 atom stereocenters. The van der Waals surface area contributed by atoms with Crippen LogP contribution in [0.3, 0.4) is 0 Å². The molecule has 0 bridgehead atoms. The molecule has 0 nitrogen and oxygen atoms in total. The van der Waals surface area contributed by atoms with Crippen molar-refractivity contribution in [2.75, 3.05) is 0 Å². The fourth-order valence-electron chi connectivity index (χ4n) is 1.97. The molecule has 0 heterocycles. The Balaban J connectivity index is 0. The van der Waals surface area contributed by atoms with Crippen LogP contribution in [0, 0.1) is 11.3 Å². The van der Waals surface area contributed by atoms with Crippen molar-refractivity contribution in [1.82, 2.24) is 0 Å². The molecule has 0 radical (unpaired) electrons. The molecule has 14 heavy (non-hydrogen) atoms. The molecule has 0 aromatic carbocycles. The second-order valence-electron chi connectivity index (χ2n) is 5.41. The molecule has 0 aromatic heterocycles. The third-order valence-corrected chi connectivity index (χ3v) is 2.83. The Morgan fingerprint density at radius 1 is 0.929 bits per heavy atom. The summed E-state index contributed by atoms with van der Waals surface area (Å²) in [5.41, 5.74) is 0.570. The maximum atomic E-state index is 2.38. The first-order chi connectivity index (χ1) is 6.02. The van der Waals surface area contributed by atoms with Gasteiger partial charge in [0.15, 0.2) is 0 Å². The molecule has 0 aromatic rings. The van der Waals surface area contributed by atoms with Crippen LogP contribution in [0.15, 0.2) is 0 Å². The molecule has 0 N–H and O–H groups in total. The lowest BCUT2D eigenvalue weighted by molar-refractivity contribution is 0.180. The Morgan fingerprint density at radius 2 is 1.29 bits per heavy atom. The van der Waals surface area contributed by atoms with E-state index in [4.69, 9.17) is 0 Å². The van der Waals surface area contributed by atoms with E-state index in [1.54, 1.807) is 0 Å². The van der Waals surface area contributed by atoms with E-state index in [2.05, 4.69) is 34.6 Å². The molecule has 1 fully saturated rings. The van der Waals surface area contributed by atoms with Crippen LogP contribution in [0.5, 0.6) is 0 Å². The highest BCUT2D eigenvalue weighted by molar-refractivity contribution is 4.76. The van der Waals surface area contributed by atoms with Crippen molar-refractivity contribution in [2.45, 2.75) is 80.6 Å². The van der Waals surface area contributed by atoms with Gasteiger partial charge in [0.05, 0.1) is 0 Å². The third-order valence-electron chi connectivity index (χ3n) is 2.83. The van der Waals surface area contributed by atoms with Crippen LogP contribution in [0.1, 0.15) is 80.6 Å². The van der Waals surface area contributed by atoms with Gasteiger partial charge in [-0.15, -0.1) is 0 Å². The van der Waals surface area contributed by atoms with Crippen molar-refractivity contribution < 1.29 is 0 Å². The summed E-state index contributed by atoms with van der Waals surface area (Å²) in [6.07, 6.45) is 8.63. The largest absolute Gasteiger partial charge is 0.0776 e. The number of hydrogen-bond acceptors (Lipinski definition) is 0. The summed E-state index contributed by atoms with van der Waals surface area (Å²) in [5.74, 6) is 1.00. The van der Waals surface area contributed by atoms with Gasteiger partial charge in [0.25, 0.3) is 0 Å². The van der Waals surface area contributed by atoms with Crippen LogP contribution >= 0.6 is 0 Å². The van der Waals surface area contributed by atoms with E-state index in [-0.39, 0.29) is 7.43 Å². The third kappa shape index (κ3) is 7.41. The normalized spacial score (nSPS) is 17.8. The summed E-state index contributed by atoms with van der Waals surface area (Å²) in [6, 6.07) is 0. The van der Waals surface area contributed by atoms with E-state index < -0.39 is 0 Å². The standard InChI is InChI=1S/C10H20.C3H8.CH4/c1-10(2,3)9-7-5-4-6-8-9;1-3-2;/h9H,4-8H2,1-3H3;3H2,1-2H3;1H4.